The number of nitrogens with zero attached hydrogens (tertiary/aromatic N) is 1. The number of benzene rings is 1. The molecular formula is C16H20FN3O2. The zero-order chi connectivity index (χ0) is 15.5. The second-order valence-electron chi connectivity index (χ2n) is 5.98. The Bertz CT molecular complexity index is 549. The summed E-state index contributed by atoms with van der Waals surface area (Å²) < 4.78 is 12.8. The average molecular weight is 305 g/mol. The summed E-state index contributed by atoms with van der Waals surface area (Å²) in [6.07, 6.45) is 3.46. The molecule has 0 bridgehead atoms. The Morgan fingerprint density at radius 1 is 1.05 bits per heavy atom. The molecule has 0 unspecified atom stereocenters. The maximum atomic E-state index is 12.8. The number of carbonyl (C=O) groups is 2. The largest absolute Gasteiger partial charge is 0.335 e. The Hall–Kier alpha value is -2.11. The number of anilines is 1. The van der Waals surface area contributed by atoms with Crippen LogP contribution in [-0.2, 0) is 4.79 Å². The van der Waals surface area contributed by atoms with Gasteiger partial charge in [-0.1, -0.05) is 0 Å². The number of halogens is 1. The normalized spacial score (nSPS) is 18.9. The first-order chi connectivity index (χ1) is 10.6. The summed E-state index contributed by atoms with van der Waals surface area (Å²) in [5, 5.41) is 5.76. The minimum absolute atomic E-state index is 0.0140. The van der Waals surface area contributed by atoms with E-state index in [0.29, 0.717) is 37.7 Å². The molecule has 5 nitrogen and oxygen atoms in total. The van der Waals surface area contributed by atoms with Crippen molar-refractivity contribution in [1.82, 2.24) is 10.2 Å². The molecule has 1 aromatic rings. The highest BCUT2D eigenvalue weighted by Gasteiger charge is 2.30. The van der Waals surface area contributed by atoms with Gasteiger partial charge in [0.15, 0.2) is 0 Å². The number of carbonyl (C=O) groups excluding carboxylic acids is 2. The lowest BCUT2D eigenvalue weighted by molar-refractivity contribution is -0.121. The molecule has 3 amide bonds. The van der Waals surface area contributed by atoms with Crippen LogP contribution in [0.5, 0.6) is 0 Å². The predicted molar refractivity (Wildman–Crippen MR) is 80.9 cm³/mol. The van der Waals surface area contributed by atoms with Crippen LogP contribution in [-0.4, -0.2) is 36.0 Å². The molecule has 118 valence electrons. The van der Waals surface area contributed by atoms with Gasteiger partial charge < -0.3 is 15.5 Å². The number of rotatable bonds is 3. The highest BCUT2D eigenvalue weighted by molar-refractivity contribution is 5.92. The van der Waals surface area contributed by atoms with Crippen molar-refractivity contribution in [2.75, 3.05) is 18.4 Å². The van der Waals surface area contributed by atoms with Gasteiger partial charge in [0.25, 0.3) is 0 Å². The van der Waals surface area contributed by atoms with Crippen LogP contribution in [0.4, 0.5) is 14.9 Å². The van der Waals surface area contributed by atoms with E-state index in [1.165, 1.54) is 12.1 Å². The van der Waals surface area contributed by atoms with E-state index in [9.17, 15) is 14.0 Å². The number of nitrogens with one attached hydrogen (secondary N) is 2. The van der Waals surface area contributed by atoms with Crippen LogP contribution in [0.1, 0.15) is 25.7 Å². The van der Waals surface area contributed by atoms with Crippen molar-refractivity contribution in [1.29, 1.82) is 0 Å². The van der Waals surface area contributed by atoms with Crippen LogP contribution in [0, 0.1) is 11.7 Å². The Balaban J connectivity index is 1.46. The molecule has 2 aliphatic rings. The Kier molecular flexibility index (Phi) is 4.27. The molecule has 1 heterocycles. The van der Waals surface area contributed by atoms with Crippen molar-refractivity contribution < 1.29 is 14.0 Å². The second-order valence-corrected chi connectivity index (χ2v) is 5.98. The second kappa shape index (κ2) is 6.34. The molecule has 3 rings (SSSR count). The summed E-state index contributed by atoms with van der Waals surface area (Å²) >= 11 is 0. The Morgan fingerprint density at radius 3 is 2.27 bits per heavy atom. The molecule has 1 saturated heterocycles. The van der Waals surface area contributed by atoms with Crippen LogP contribution in [0.15, 0.2) is 24.3 Å². The van der Waals surface area contributed by atoms with Crippen LogP contribution in [0.25, 0.3) is 0 Å². The average Bonchev–Trinajstić information content (AvgIpc) is 3.33. The third-order valence-corrected chi connectivity index (χ3v) is 4.17. The molecule has 2 N–H and O–H groups in total. The number of likely N-dealkylation sites (tertiary alicyclic amines) is 1. The highest BCUT2D eigenvalue weighted by Crippen LogP contribution is 2.22. The van der Waals surface area contributed by atoms with Gasteiger partial charge in [0.05, 0.1) is 0 Å². The summed E-state index contributed by atoms with van der Waals surface area (Å²) in [5.41, 5.74) is 0.598. The van der Waals surface area contributed by atoms with Gasteiger partial charge in [-0.2, -0.15) is 0 Å². The minimum Gasteiger partial charge on any atom is -0.335 e. The fraction of sp³-hybridized carbons (Fsp3) is 0.500. The van der Waals surface area contributed by atoms with Gasteiger partial charge in [-0.3, -0.25) is 4.79 Å². The van der Waals surface area contributed by atoms with Gasteiger partial charge in [0, 0.05) is 30.7 Å². The van der Waals surface area contributed by atoms with Crippen molar-refractivity contribution >= 4 is 17.6 Å². The lowest BCUT2D eigenvalue weighted by Crippen LogP contribution is -2.46. The smallest absolute Gasteiger partial charge is 0.317 e. The molecule has 1 aliphatic heterocycles. The standard InChI is InChI=1S/C16H20FN3O2/c17-12-1-3-13(4-2-12)18-15(21)11-7-9-20(10-8-11)16(22)19-14-5-6-14/h1-4,11,14H,5-10H2,(H,18,21)(H,19,22). The monoisotopic (exact) mass is 305 g/mol. The van der Waals surface area contributed by atoms with Crippen molar-refractivity contribution in [3.63, 3.8) is 0 Å². The van der Waals surface area contributed by atoms with E-state index in [1.54, 1.807) is 17.0 Å². The van der Waals surface area contributed by atoms with Gasteiger partial charge in [0.1, 0.15) is 5.82 Å². The topological polar surface area (TPSA) is 61.4 Å². The van der Waals surface area contributed by atoms with Crippen LogP contribution in [0.3, 0.4) is 0 Å². The maximum absolute atomic E-state index is 12.8. The Labute approximate surface area is 128 Å². The number of piperidine rings is 1. The molecule has 0 atom stereocenters. The van der Waals surface area contributed by atoms with E-state index >= 15 is 0 Å². The fourth-order valence-electron chi connectivity index (χ4n) is 2.62. The summed E-state index contributed by atoms with van der Waals surface area (Å²) in [4.78, 5) is 25.9. The van der Waals surface area contributed by atoms with E-state index in [0.717, 1.165) is 12.8 Å². The van der Waals surface area contributed by atoms with E-state index in [1.807, 2.05) is 0 Å². The fourth-order valence-corrected chi connectivity index (χ4v) is 2.62. The first-order valence-corrected chi connectivity index (χ1v) is 7.74. The van der Waals surface area contributed by atoms with Gasteiger partial charge >= 0.3 is 6.03 Å². The quantitative estimate of drug-likeness (QED) is 0.900. The summed E-state index contributed by atoms with van der Waals surface area (Å²) in [6.45, 7) is 1.19. The van der Waals surface area contributed by atoms with Crippen LogP contribution >= 0.6 is 0 Å². The lowest BCUT2D eigenvalue weighted by Gasteiger charge is -2.31. The highest BCUT2D eigenvalue weighted by atomic mass is 19.1. The molecular weight excluding hydrogens is 285 g/mol. The molecule has 0 spiro atoms. The number of amides is 3. The maximum Gasteiger partial charge on any atom is 0.317 e. The summed E-state index contributed by atoms with van der Waals surface area (Å²) in [7, 11) is 0. The van der Waals surface area contributed by atoms with Crippen molar-refractivity contribution in [3.05, 3.63) is 30.1 Å². The van der Waals surface area contributed by atoms with Gasteiger partial charge in [-0.05, 0) is 49.9 Å². The van der Waals surface area contributed by atoms with E-state index < -0.39 is 0 Å². The number of hydrogen-bond donors (Lipinski definition) is 2. The lowest BCUT2D eigenvalue weighted by atomic mass is 9.96. The Morgan fingerprint density at radius 2 is 1.68 bits per heavy atom. The first kappa shape index (κ1) is 14.8. The summed E-state index contributed by atoms with van der Waals surface area (Å²) in [6, 6.07) is 6.07. The minimum atomic E-state index is -0.326. The van der Waals surface area contributed by atoms with Gasteiger partial charge in [-0.25, -0.2) is 9.18 Å². The van der Waals surface area contributed by atoms with Crippen LogP contribution in [0.2, 0.25) is 0 Å². The van der Waals surface area contributed by atoms with Crippen molar-refractivity contribution in [2.45, 2.75) is 31.7 Å². The third-order valence-electron chi connectivity index (χ3n) is 4.17. The van der Waals surface area contributed by atoms with Crippen molar-refractivity contribution in [3.8, 4) is 0 Å². The zero-order valence-corrected chi connectivity index (χ0v) is 12.3. The van der Waals surface area contributed by atoms with E-state index in [2.05, 4.69) is 10.6 Å². The van der Waals surface area contributed by atoms with E-state index in [-0.39, 0.29) is 23.7 Å². The molecule has 22 heavy (non-hydrogen) atoms. The third kappa shape index (κ3) is 3.75. The first-order valence-electron chi connectivity index (χ1n) is 7.74. The van der Waals surface area contributed by atoms with Gasteiger partial charge in [0.2, 0.25) is 5.91 Å². The van der Waals surface area contributed by atoms with Crippen LogP contribution < -0.4 is 10.6 Å². The van der Waals surface area contributed by atoms with Gasteiger partial charge in [-0.15, -0.1) is 0 Å². The molecule has 0 radical (unpaired) electrons. The number of urea groups is 1. The predicted octanol–water partition coefficient (Wildman–Crippen LogP) is 2.35. The SMILES string of the molecule is O=C(Nc1ccc(F)cc1)C1CCN(C(=O)NC2CC2)CC1. The summed E-state index contributed by atoms with van der Waals surface area (Å²) in [5.74, 6) is -0.489. The molecule has 6 heteroatoms. The molecule has 2 fully saturated rings. The number of hydrogen-bond acceptors (Lipinski definition) is 2. The zero-order valence-electron chi connectivity index (χ0n) is 12.3. The molecule has 1 saturated carbocycles. The van der Waals surface area contributed by atoms with E-state index in [4.69, 9.17) is 0 Å². The van der Waals surface area contributed by atoms with Crippen molar-refractivity contribution in [2.24, 2.45) is 5.92 Å². The molecule has 1 aliphatic carbocycles. The molecule has 1 aromatic carbocycles. The molecule has 0 aromatic heterocycles.